The Bertz CT molecular complexity index is 819. The first-order valence-corrected chi connectivity index (χ1v) is 9.09. The lowest BCUT2D eigenvalue weighted by molar-refractivity contribution is 0.100. The van der Waals surface area contributed by atoms with Crippen molar-refractivity contribution in [2.45, 2.75) is 31.1 Å². The molecule has 2 fully saturated rings. The van der Waals surface area contributed by atoms with Crippen molar-refractivity contribution in [3.63, 3.8) is 0 Å². The minimum atomic E-state index is -0.363. The van der Waals surface area contributed by atoms with Crippen LogP contribution in [0.25, 0.3) is 0 Å². The zero-order valence-electron chi connectivity index (χ0n) is 12.9. The Morgan fingerprint density at radius 1 is 1.04 bits per heavy atom. The van der Waals surface area contributed by atoms with Gasteiger partial charge in [0.1, 0.15) is 0 Å². The van der Waals surface area contributed by atoms with Gasteiger partial charge in [0.15, 0.2) is 0 Å². The third-order valence-electron chi connectivity index (χ3n) is 5.97. The van der Waals surface area contributed by atoms with E-state index in [1.165, 1.54) is 6.42 Å². The van der Waals surface area contributed by atoms with Crippen LogP contribution in [0.15, 0.2) is 28.7 Å². The number of amides is 1. The zero-order chi connectivity index (χ0) is 16.6. The minimum absolute atomic E-state index is 0.00647. The van der Waals surface area contributed by atoms with E-state index in [2.05, 4.69) is 21.4 Å². The number of nitrogens with one attached hydrogen (secondary N) is 1. The molecular weight excluding hydrogens is 372 g/mol. The van der Waals surface area contributed by atoms with Gasteiger partial charge in [-0.05, 0) is 67.2 Å². The number of fused-ring (bicyclic) bond motifs is 1. The number of aromatic nitrogens is 1. The van der Waals surface area contributed by atoms with Crippen molar-refractivity contribution < 1.29 is 15.0 Å². The number of hydrogen-bond acceptors (Lipinski definition) is 3. The Labute approximate surface area is 147 Å². The molecule has 4 aliphatic carbocycles. The molecule has 6 rings (SSSR count). The highest BCUT2D eigenvalue weighted by Gasteiger charge is 2.59. The van der Waals surface area contributed by atoms with Gasteiger partial charge in [0.25, 0.3) is 5.91 Å². The van der Waals surface area contributed by atoms with Gasteiger partial charge < -0.3 is 10.2 Å². The van der Waals surface area contributed by atoms with Crippen LogP contribution in [-0.4, -0.2) is 20.8 Å². The number of nitrogens with zero attached hydrogens (tertiary/aromatic N) is 1. The van der Waals surface area contributed by atoms with Crippen LogP contribution in [0.1, 0.15) is 52.6 Å². The molecule has 0 spiro atoms. The number of carbonyl (C=O) groups is 1. The van der Waals surface area contributed by atoms with Crippen molar-refractivity contribution in [3.8, 4) is 11.8 Å². The number of halogens is 1. The lowest BCUT2D eigenvalue weighted by Crippen LogP contribution is -2.22. The Morgan fingerprint density at radius 2 is 1.58 bits per heavy atom. The Morgan fingerprint density at radius 3 is 2.12 bits per heavy atom. The van der Waals surface area contributed by atoms with E-state index >= 15 is 0 Å². The number of aromatic hydroxyl groups is 2. The van der Waals surface area contributed by atoms with Gasteiger partial charge in [0, 0.05) is 21.2 Å². The maximum absolute atomic E-state index is 12.4. The monoisotopic (exact) mass is 388 g/mol. The van der Waals surface area contributed by atoms with Crippen LogP contribution in [-0.2, 0) is 0 Å². The topological polar surface area (TPSA) is 74.5 Å². The second kappa shape index (κ2) is 4.79. The first kappa shape index (κ1) is 14.4. The van der Waals surface area contributed by atoms with Gasteiger partial charge in [-0.2, -0.15) is 4.68 Å². The lowest BCUT2D eigenvalue weighted by atomic mass is 9.68. The van der Waals surface area contributed by atoms with Gasteiger partial charge in [-0.1, -0.05) is 15.9 Å². The van der Waals surface area contributed by atoms with Crippen molar-refractivity contribution in [1.82, 2.24) is 4.68 Å². The van der Waals surface area contributed by atoms with Crippen LogP contribution in [0.5, 0.6) is 11.8 Å². The molecular formula is C18H17BrN2O3. The van der Waals surface area contributed by atoms with E-state index in [1.807, 2.05) is 0 Å². The molecule has 2 saturated carbocycles. The van der Waals surface area contributed by atoms with E-state index in [0.29, 0.717) is 29.2 Å². The van der Waals surface area contributed by atoms with Gasteiger partial charge in [-0.3, -0.25) is 10.2 Å². The summed E-state index contributed by atoms with van der Waals surface area (Å²) in [5, 5.41) is 21.3. The second-order valence-electron chi connectivity index (χ2n) is 7.11. The van der Waals surface area contributed by atoms with Crippen molar-refractivity contribution >= 4 is 21.8 Å². The van der Waals surface area contributed by atoms with Crippen LogP contribution < -0.4 is 5.43 Å². The fraction of sp³-hybridized carbons (Fsp3) is 0.389. The molecule has 2 bridgehead atoms. The van der Waals surface area contributed by atoms with Crippen LogP contribution >= 0.6 is 15.9 Å². The third-order valence-corrected chi connectivity index (χ3v) is 6.50. The first-order chi connectivity index (χ1) is 11.6. The maximum atomic E-state index is 12.4. The largest absolute Gasteiger partial charge is 0.493 e. The molecule has 124 valence electrons. The van der Waals surface area contributed by atoms with Crippen molar-refractivity contribution in [3.05, 3.63) is 45.4 Å². The summed E-state index contributed by atoms with van der Waals surface area (Å²) >= 11 is 3.34. The lowest BCUT2D eigenvalue weighted by Gasteiger charge is -2.35. The van der Waals surface area contributed by atoms with Crippen LogP contribution in [0.4, 0.5) is 0 Å². The summed E-state index contributed by atoms with van der Waals surface area (Å²) < 4.78 is 2.04. The predicted octanol–water partition coefficient (Wildman–Crippen LogP) is 3.66. The number of benzene rings is 1. The standard InChI is InChI=1S/C18H17BrN2O3/c19-9-3-1-8(2-4-9)16(22)20-21-17(23)14-10-5-6-11(13-7-12(10)13)15(14)18(21)24/h1-4,10-13,23-24H,5-7H2,(H,20,22). The first-order valence-electron chi connectivity index (χ1n) is 8.29. The molecule has 4 atom stereocenters. The van der Waals surface area contributed by atoms with Gasteiger partial charge in [-0.25, -0.2) is 0 Å². The summed E-state index contributed by atoms with van der Waals surface area (Å²) in [6.07, 6.45) is 3.33. The predicted molar refractivity (Wildman–Crippen MR) is 91.9 cm³/mol. The van der Waals surface area contributed by atoms with Crippen molar-refractivity contribution in [2.24, 2.45) is 11.8 Å². The molecule has 5 nitrogen and oxygen atoms in total. The minimum Gasteiger partial charge on any atom is -0.493 e. The molecule has 1 heterocycles. The van der Waals surface area contributed by atoms with Gasteiger partial charge in [-0.15, -0.1) is 0 Å². The quantitative estimate of drug-likeness (QED) is 0.734. The summed E-state index contributed by atoms with van der Waals surface area (Å²) in [5.74, 6) is 1.58. The molecule has 2 aromatic rings. The molecule has 6 heteroatoms. The molecule has 4 unspecified atom stereocenters. The molecule has 0 saturated heterocycles. The molecule has 0 radical (unpaired) electrons. The fourth-order valence-corrected chi connectivity index (χ4v) is 5.12. The average Bonchev–Trinajstić information content (AvgIpc) is 3.36. The Hall–Kier alpha value is -1.95. The van der Waals surface area contributed by atoms with E-state index in [9.17, 15) is 15.0 Å². The average molecular weight is 389 g/mol. The second-order valence-corrected chi connectivity index (χ2v) is 8.03. The molecule has 1 aromatic heterocycles. The highest BCUT2D eigenvalue weighted by molar-refractivity contribution is 9.10. The Balaban J connectivity index is 1.52. The van der Waals surface area contributed by atoms with E-state index in [1.54, 1.807) is 24.3 Å². The van der Waals surface area contributed by atoms with Gasteiger partial charge in [0.05, 0.1) is 0 Å². The molecule has 1 aromatic carbocycles. The molecule has 24 heavy (non-hydrogen) atoms. The van der Waals surface area contributed by atoms with Crippen LogP contribution in [0.3, 0.4) is 0 Å². The molecule has 4 aliphatic rings. The zero-order valence-corrected chi connectivity index (χ0v) is 14.5. The van der Waals surface area contributed by atoms with Crippen molar-refractivity contribution in [2.75, 3.05) is 5.43 Å². The molecule has 3 N–H and O–H groups in total. The van der Waals surface area contributed by atoms with Crippen LogP contribution in [0.2, 0.25) is 0 Å². The number of carbonyl (C=O) groups excluding carboxylic acids is 1. The summed E-state index contributed by atoms with van der Waals surface area (Å²) in [5.41, 5.74) is 4.82. The summed E-state index contributed by atoms with van der Waals surface area (Å²) in [7, 11) is 0. The van der Waals surface area contributed by atoms with E-state index in [4.69, 9.17) is 0 Å². The van der Waals surface area contributed by atoms with Gasteiger partial charge >= 0.3 is 0 Å². The SMILES string of the molecule is O=C(Nn1c(O)c2c(c1O)C1CCC2C2CC12)c1ccc(Br)cc1. The van der Waals surface area contributed by atoms with E-state index in [-0.39, 0.29) is 17.7 Å². The van der Waals surface area contributed by atoms with E-state index < -0.39 is 0 Å². The number of rotatable bonds is 2. The van der Waals surface area contributed by atoms with E-state index in [0.717, 1.165) is 33.1 Å². The summed E-state index contributed by atoms with van der Waals surface area (Å²) in [4.78, 5) is 12.4. The molecule has 0 aliphatic heterocycles. The third kappa shape index (κ3) is 1.83. The summed E-state index contributed by atoms with van der Waals surface area (Å²) in [6, 6.07) is 6.94. The maximum Gasteiger partial charge on any atom is 0.270 e. The van der Waals surface area contributed by atoms with Crippen LogP contribution in [0, 0.1) is 11.8 Å². The smallest absolute Gasteiger partial charge is 0.270 e. The van der Waals surface area contributed by atoms with Gasteiger partial charge in [0.2, 0.25) is 11.8 Å². The summed E-state index contributed by atoms with van der Waals surface area (Å²) in [6.45, 7) is 0. The normalized spacial score (nSPS) is 29.0. The Kier molecular flexibility index (Phi) is 2.87. The number of hydrogen-bond donors (Lipinski definition) is 3. The molecule has 1 amide bonds. The fourth-order valence-electron chi connectivity index (χ4n) is 4.85. The highest BCUT2D eigenvalue weighted by atomic mass is 79.9. The highest BCUT2D eigenvalue weighted by Crippen LogP contribution is 2.70. The van der Waals surface area contributed by atoms with Crippen molar-refractivity contribution in [1.29, 1.82) is 0 Å².